The standard InChI is InChI=1S/C14H28N2O4/c1-14(2,3)20-13(19)16-7-10-5-4-6-12(10)15-8-11(18)9-17/h10-12,15,17-18H,4-9H2,1-3H3,(H,16,19). The molecule has 20 heavy (non-hydrogen) atoms. The Morgan fingerprint density at radius 2 is 2.10 bits per heavy atom. The molecule has 0 aromatic heterocycles. The van der Waals surface area contributed by atoms with Crippen molar-refractivity contribution in [1.29, 1.82) is 0 Å². The minimum atomic E-state index is -0.727. The minimum Gasteiger partial charge on any atom is -0.444 e. The van der Waals surface area contributed by atoms with Crippen LogP contribution in [0.3, 0.4) is 0 Å². The van der Waals surface area contributed by atoms with Gasteiger partial charge in [0.25, 0.3) is 0 Å². The van der Waals surface area contributed by atoms with Crippen molar-refractivity contribution < 1.29 is 19.7 Å². The summed E-state index contributed by atoms with van der Waals surface area (Å²) in [5.41, 5.74) is -0.483. The van der Waals surface area contributed by atoms with Crippen LogP contribution in [0.4, 0.5) is 4.79 Å². The number of carbonyl (C=O) groups is 1. The molecule has 1 rings (SSSR count). The maximum atomic E-state index is 11.6. The van der Waals surface area contributed by atoms with Gasteiger partial charge in [-0.05, 0) is 39.5 Å². The second-order valence-corrected chi connectivity index (χ2v) is 6.42. The number of aliphatic hydroxyl groups is 2. The van der Waals surface area contributed by atoms with Gasteiger partial charge in [-0.3, -0.25) is 0 Å². The van der Waals surface area contributed by atoms with Crippen LogP contribution in [-0.2, 0) is 4.74 Å². The molecule has 1 aliphatic rings. The highest BCUT2D eigenvalue weighted by Gasteiger charge is 2.28. The van der Waals surface area contributed by atoms with Crippen molar-refractivity contribution in [1.82, 2.24) is 10.6 Å². The summed E-state index contributed by atoms with van der Waals surface area (Å²) in [7, 11) is 0. The van der Waals surface area contributed by atoms with Crippen LogP contribution in [0.25, 0.3) is 0 Å². The second kappa shape index (κ2) is 7.81. The fraction of sp³-hybridized carbons (Fsp3) is 0.929. The van der Waals surface area contributed by atoms with E-state index in [9.17, 15) is 9.90 Å². The first kappa shape index (κ1) is 17.2. The number of amides is 1. The molecule has 3 atom stereocenters. The van der Waals surface area contributed by atoms with Crippen LogP contribution in [0.5, 0.6) is 0 Å². The Morgan fingerprint density at radius 3 is 2.70 bits per heavy atom. The number of carbonyl (C=O) groups excluding carboxylic acids is 1. The number of rotatable bonds is 6. The second-order valence-electron chi connectivity index (χ2n) is 6.42. The van der Waals surface area contributed by atoms with Crippen molar-refractivity contribution >= 4 is 6.09 Å². The van der Waals surface area contributed by atoms with Gasteiger partial charge in [0.2, 0.25) is 0 Å². The highest BCUT2D eigenvalue weighted by atomic mass is 16.6. The maximum Gasteiger partial charge on any atom is 0.407 e. The van der Waals surface area contributed by atoms with E-state index < -0.39 is 17.8 Å². The fourth-order valence-electron chi connectivity index (χ4n) is 2.43. The first-order valence-electron chi connectivity index (χ1n) is 7.31. The molecule has 0 aromatic carbocycles. The van der Waals surface area contributed by atoms with E-state index in [1.54, 1.807) is 0 Å². The lowest BCUT2D eigenvalue weighted by atomic mass is 10.0. The topological polar surface area (TPSA) is 90.8 Å². The number of nitrogens with one attached hydrogen (secondary N) is 2. The fourth-order valence-corrected chi connectivity index (χ4v) is 2.43. The molecule has 0 heterocycles. The largest absolute Gasteiger partial charge is 0.444 e. The Kier molecular flexibility index (Phi) is 6.71. The van der Waals surface area contributed by atoms with Crippen molar-refractivity contribution in [2.45, 2.75) is 57.8 Å². The van der Waals surface area contributed by atoms with Crippen LogP contribution in [0.2, 0.25) is 0 Å². The number of aliphatic hydroxyl groups excluding tert-OH is 2. The summed E-state index contributed by atoms with van der Waals surface area (Å²) in [5, 5.41) is 24.2. The lowest BCUT2D eigenvalue weighted by Crippen LogP contribution is -2.43. The highest BCUT2D eigenvalue weighted by molar-refractivity contribution is 5.67. The van der Waals surface area contributed by atoms with Gasteiger partial charge in [-0.1, -0.05) is 6.42 Å². The van der Waals surface area contributed by atoms with E-state index in [-0.39, 0.29) is 12.6 Å². The SMILES string of the molecule is CC(C)(C)OC(=O)NCC1CCCC1NCC(O)CO. The molecule has 3 unspecified atom stereocenters. The lowest BCUT2D eigenvalue weighted by Gasteiger charge is -2.24. The number of ether oxygens (including phenoxy) is 1. The quantitative estimate of drug-likeness (QED) is 0.575. The lowest BCUT2D eigenvalue weighted by molar-refractivity contribution is 0.0515. The van der Waals surface area contributed by atoms with Crippen LogP contribution in [0.15, 0.2) is 0 Å². The van der Waals surface area contributed by atoms with Crippen LogP contribution in [-0.4, -0.2) is 53.7 Å². The Hall–Kier alpha value is -0.850. The third kappa shape index (κ3) is 6.54. The van der Waals surface area contributed by atoms with E-state index in [0.29, 0.717) is 19.0 Å². The molecule has 0 aliphatic heterocycles. The van der Waals surface area contributed by atoms with Crippen LogP contribution in [0.1, 0.15) is 40.0 Å². The molecule has 4 N–H and O–H groups in total. The molecule has 6 nitrogen and oxygen atoms in total. The van der Waals surface area contributed by atoms with Gasteiger partial charge in [-0.2, -0.15) is 0 Å². The predicted molar refractivity (Wildman–Crippen MR) is 76.5 cm³/mol. The molecule has 1 fully saturated rings. The van der Waals surface area contributed by atoms with Crippen LogP contribution in [0, 0.1) is 5.92 Å². The van der Waals surface area contributed by atoms with E-state index >= 15 is 0 Å². The summed E-state index contributed by atoms with van der Waals surface area (Å²) in [4.78, 5) is 11.6. The zero-order valence-corrected chi connectivity index (χ0v) is 12.7. The van der Waals surface area contributed by atoms with Crippen molar-refractivity contribution in [3.63, 3.8) is 0 Å². The minimum absolute atomic E-state index is 0.236. The average molecular weight is 288 g/mol. The van der Waals surface area contributed by atoms with Crippen molar-refractivity contribution in [2.75, 3.05) is 19.7 Å². The first-order chi connectivity index (χ1) is 9.31. The Balaban J connectivity index is 2.29. The zero-order chi connectivity index (χ0) is 15.2. The first-order valence-corrected chi connectivity index (χ1v) is 7.31. The molecule has 118 valence electrons. The molecule has 0 radical (unpaired) electrons. The number of hydrogen-bond acceptors (Lipinski definition) is 5. The van der Waals surface area contributed by atoms with E-state index in [4.69, 9.17) is 9.84 Å². The molecule has 0 saturated heterocycles. The van der Waals surface area contributed by atoms with Crippen molar-refractivity contribution in [3.8, 4) is 0 Å². The average Bonchev–Trinajstić information content (AvgIpc) is 2.78. The highest BCUT2D eigenvalue weighted by Crippen LogP contribution is 2.25. The molecule has 0 bridgehead atoms. The Labute approximate surface area is 120 Å². The normalized spacial score (nSPS) is 24.4. The molecule has 0 aromatic rings. The summed E-state index contributed by atoms with van der Waals surface area (Å²) in [6, 6.07) is 0.270. The van der Waals surface area contributed by atoms with Gasteiger partial charge < -0.3 is 25.6 Å². The summed E-state index contributed by atoms with van der Waals surface area (Å²) >= 11 is 0. The third-order valence-corrected chi connectivity index (χ3v) is 3.39. The Bertz CT molecular complexity index is 304. The van der Waals surface area contributed by atoms with E-state index in [2.05, 4.69) is 10.6 Å². The zero-order valence-electron chi connectivity index (χ0n) is 12.7. The van der Waals surface area contributed by atoms with Gasteiger partial charge in [-0.25, -0.2) is 4.79 Å². The van der Waals surface area contributed by atoms with E-state index in [1.807, 2.05) is 20.8 Å². The van der Waals surface area contributed by atoms with Crippen LogP contribution >= 0.6 is 0 Å². The van der Waals surface area contributed by atoms with Crippen molar-refractivity contribution in [2.24, 2.45) is 5.92 Å². The van der Waals surface area contributed by atoms with Crippen LogP contribution < -0.4 is 10.6 Å². The van der Waals surface area contributed by atoms with Crippen molar-refractivity contribution in [3.05, 3.63) is 0 Å². The van der Waals surface area contributed by atoms with E-state index in [1.165, 1.54) is 0 Å². The summed E-state index contributed by atoms with van der Waals surface area (Å²) < 4.78 is 5.20. The third-order valence-electron chi connectivity index (χ3n) is 3.39. The monoisotopic (exact) mass is 288 g/mol. The van der Waals surface area contributed by atoms with E-state index in [0.717, 1.165) is 19.3 Å². The molecule has 6 heteroatoms. The molecular weight excluding hydrogens is 260 g/mol. The predicted octanol–water partition coefficient (Wildman–Crippen LogP) is 0.623. The molecular formula is C14H28N2O4. The smallest absolute Gasteiger partial charge is 0.407 e. The Morgan fingerprint density at radius 1 is 1.40 bits per heavy atom. The molecule has 1 aliphatic carbocycles. The van der Waals surface area contributed by atoms with Gasteiger partial charge in [0.1, 0.15) is 5.60 Å². The van der Waals surface area contributed by atoms with Gasteiger partial charge in [-0.15, -0.1) is 0 Å². The summed E-state index contributed by atoms with van der Waals surface area (Å²) in [5.74, 6) is 0.341. The van der Waals surface area contributed by atoms with Gasteiger partial charge in [0.05, 0.1) is 12.7 Å². The summed E-state index contributed by atoms with van der Waals surface area (Å²) in [6.07, 6.45) is 2.06. The molecule has 1 saturated carbocycles. The maximum absolute atomic E-state index is 11.6. The van der Waals surface area contributed by atoms with Gasteiger partial charge in [0.15, 0.2) is 0 Å². The van der Waals surface area contributed by atoms with Gasteiger partial charge >= 0.3 is 6.09 Å². The summed E-state index contributed by atoms with van der Waals surface area (Å²) in [6.45, 7) is 6.22. The molecule has 1 amide bonds. The number of hydrogen-bond donors (Lipinski definition) is 4. The number of alkyl carbamates (subject to hydrolysis) is 1. The molecule has 0 spiro atoms. The van der Waals surface area contributed by atoms with Gasteiger partial charge in [0, 0.05) is 19.1 Å².